The molecule has 0 saturated carbocycles. The predicted octanol–water partition coefficient (Wildman–Crippen LogP) is 2.27. The van der Waals surface area contributed by atoms with Gasteiger partial charge in [-0.15, -0.1) is 0 Å². The van der Waals surface area contributed by atoms with E-state index in [1.54, 1.807) is 24.2 Å². The molecule has 7 nitrogen and oxygen atoms in total. The molecule has 0 aliphatic carbocycles. The number of nitrogens with zero attached hydrogens (tertiary/aromatic N) is 3. The number of carbonyl (C=O) groups is 2. The van der Waals surface area contributed by atoms with Crippen molar-refractivity contribution in [1.82, 2.24) is 20.5 Å². The third-order valence-corrected chi connectivity index (χ3v) is 4.92. The Balaban J connectivity index is 1.44. The topological polar surface area (TPSA) is 77.6 Å². The summed E-state index contributed by atoms with van der Waals surface area (Å²) in [6.07, 6.45) is 3.35. The van der Waals surface area contributed by atoms with Crippen molar-refractivity contribution in [1.29, 1.82) is 0 Å². The predicted molar refractivity (Wildman–Crippen MR) is 109 cm³/mol. The first-order valence-corrected chi connectivity index (χ1v) is 9.63. The lowest BCUT2D eigenvalue weighted by Gasteiger charge is -2.36. The number of hydrogen-bond donors (Lipinski definition) is 2. The zero-order chi connectivity index (χ0) is 19.9. The second-order valence-corrected chi connectivity index (χ2v) is 7.13. The highest BCUT2D eigenvalue weighted by molar-refractivity contribution is 6.30. The number of halogens is 1. The highest BCUT2D eigenvalue weighted by Gasteiger charge is 2.24. The van der Waals surface area contributed by atoms with Crippen molar-refractivity contribution in [3.8, 4) is 0 Å². The largest absolute Gasteiger partial charge is 0.368 e. The minimum atomic E-state index is -0.611. The van der Waals surface area contributed by atoms with Crippen molar-refractivity contribution in [2.75, 3.05) is 31.1 Å². The van der Waals surface area contributed by atoms with Crippen LogP contribution in [0.2, 0.25) is 5.02 Å². The van der Waals surface area contributed by atoms with Crippen LogP contribution in [-0.2, 0) is 11.3 Å². The van der Waals surface area contributed by atoms with Crippen molar-refractivity contribution >= 4 is 29.2 Å². The van der Waals surface area contributed by atoms with Crippen LogP contribution in [0, 0.1) is 0 Å². The monoisotopic (exact) mass is 401 g/mol. The van der Waals surface area contributed by atoms with Crippen molar-refractivity contribution in [2.45, 2.75) is 19.5 Å². The van der Waals surface area contributed by atoms with E-state index >= 15 is 0 Å². The Morgan fingerprint density at radius 3 is 2.54 bits per heavy atom. The van der Waals surface area contributed by atoms with Crippen molar-refractivity contribution < 1.29 is 9.59 Å². The molecular weight excluding hydrogens is 378 g/mol. The van der Waals surface area contributed by atoms with E-state index in [1.807, 2.05) is 36.4 Å². The normalized spacial score (nSPS) is 15.1. The second kappa shape index (κ2) is 9.41. The average molecular weight is 402 g/mol. The van der Waals surface area contributed by atoms with Gasteiger partial charge in [0.2, 0.25) is 5.91 Å². The number of anilines is 1. The molecule has 2 N–H and O–H groups in total. The summed E-state index contributed by atoms with van der Waals surface area (Å²) in [7, 11) is 0. The van der Waals surface area contributed by atoms with Gasteiger partial charge in [0.15, 0.2) is 0 Å². The molecule has 0 unspecified atom stereocenters. The molecule has 1 saturated heterocycles. The number of hydrogen-bond acceptors (Lipinski definition) is 4. The molecule has 8 heteroatoms. The van der Waals surface area contributed by atoms with Crippen LogP contribution in [0.3, 0.4) is 0 Å². The molecule has 0 bridgehead atoms. The number of urea groups is 1. The van der Waals surface area contributed by atoms with Gasteiger partial charge in [-0.05, 0) is 42.8 Å². The zero-order valence-electron chi connectivity index (χ0n) is 15.8. The quantitative estimate of drug-likeness (QED) is 0.805. The summed E-state index contributed by atoms with van der Waals surface area (Å²) in [6.45, 7) is 4.70. The number of nitrogens with one attached hydrogen (secondary N) is 2. The minimum absolute atomic E-state index is 0.220. The van der Waals surface area contributed by atoms with Crippen LogP contribution in [0.25, 0.3) is 0 Å². The fourth-order valence-corrected chi connectivity index (χ4v) is 3.21. The van der Waals surface area contributed by atoms with Crippen LogP contribution in [0.1, 0.15) is 12.5 Å². The average Bonchev–Trinajstić information content (AvgIpc) is 2.72. The second-order valence-electron chi connectivity index (χ2n) is 6.70. The van der Waals surface area contributed by atoms with E-state index in [2.05, 4.69) is 20.5 Å². The van der Waals surface area contributed by atoms with Crippen LogP contribution in [0.5, 0.6) is 0 Å². The Morgan fingerprint density at radius 2 is 1.86 bits per heavy atom. The molecule has 2 aromatic rings. The number of amides is 3. The summed E-state index contributed by atoms with van der Waals surface area (Å²) < 4.78 is 0. The van der Waals surface area contributed by atoms with Gasteiger partial charge in [-0.3, -0.25) is 9.78 Å². The number of piperazine rings is 1. The van der Waals surface area contributed by atoms with E-state index < -0.39 is 6.04 Å². The molecule has 1 aromatic carbocycles. The molecule has 1 fully saturated rings. The SMILES string of the molecule is C[C@@H](NC(=O)N1CCN(c2cccc(Cl)c2)CC1)C(=O)NCc1ccncc1. The van der Waals surface area contributed by atoms with Gasteiger partial charge in [0.1, 0.15) is 6.04 Å². The molecular formula is C20H24ClN5O2. The fraction of sp³-hybridized carbons (Fsp3) is 0.350. The lowest BCUT2D eigenvalue weighted by molar-refractivity contribution is -0.122. The fourth-order valence-electron chi connectivity index (χ4n) is 3.03. The number of aromatic nitrogens is 1. The van der Waals surface area contributed by atoms with Crippen molar-refractivity contribution in [2.24, 2.45) is 0 Å². The van der Waals surface area contributed by atoms with Gasteiger partial charge < -0.3 is 20.4 Å². The highest BCUT2D eigenvalue weighted by atomic mass is 35.5. The summed E-state index contributed by atoms with van der Waals surface area (Å²) in [5.74, 6) is -0.220. The maximum Gasteiger partial charge on any atom is 0.318 e. The Labute approximate surface area is 169 Å². The molecule has 1 atom stereocenters. The van der Waals surface area contributed by atoms with E-state index in [0.717, 1.165) is 24.3 Å². The van der Waals surface area contributed by atoms with Gasteiger partial charge in [0.25, 0.3) is 0 Å². The lowest BCUT2D eigenvalue weighted by Crippen LogP contribution is -2.55. The summed E-state index contributed by atoms with van der Waals surface area (Å²) in [4.78, 5) is 32.6. The Hall–Kier alpha value is -2.80. The summed E-state index contributed by atoms with van der Waals surface area (Å²) in [6, 6.07) is 10.5. The zero-order valence-corrected chi connectivity index (χ0v) is 16.5. The molecule has 2 heterocycles. The highest BCUT2D eigenvalue weighted by Crippen LogP contribution is 2.20. The van der Waals surface area contributed by atoms with Crippen molar-refractivity contribution in [3.05, 3.63) is 59.4 Å². The maximum absolute atomic E-state index is 12.5. The van der Waals surface area contributed by atoms with Gasteiger partial charge in [0.05, 0.1) is 0 Å². The van der Waals surface area contributed by atoms with Crippen LogP contribution in [0.15, 0.2) is 48.8 Å². The summed E-state index contributed by atoms with van der Waals surface area (Å²) >= 11 is 6.05. The van der Waals surface area contributed by atoms with Gasteiger partial charge in [-0.25, -0.2) is 4.79 Å². The minimum Gasteiger partial charge on any atom is -0.368 e. The third-order valence-electron chi connectivity index (χ3n) is 4.69. The number of pyridine rings is 1. The van der Waals surface area contributed by atoms with E-state index in [4.69, 9.17) is 11.6 Å². The first kappa shape index (κ1) is 19.9. The van der Waals surface area contributed by atoms with Crippen molar-refractivity contribution in [3.63, 3.8) is 0 Å². The first-order valence-electron chi connectivity index (χ1n) is 9.25. The van der Waals surface area contributed by atoms with E-state index in [1.165, 1.54) is 0 Å². The summed E-state index contributed by atoms with van der Waals surface area (Å²) in [5.41, 5.74) is 2.01. The standard InChI is InChI=1S/C20H24ClN5O2/c1-15(19(27)23-14-16-5-7-22-8-6-16)24-20(28)26-11-9-25(10-12-26)18-4-2-3-17(21)13-18/h2-8,13,15H,9-12,14H2,1H3,(H,23,27)(H,24,28)/t15-/m1/s1. The third kappa shape index (κ3) is 5.36. The van der Waals surface area contributed by atoms with Gasteiger partial charge in [-0.1, -0.05) is 17.7 Å². The van der Waals surface area contributed by atoms with Gasteiger partial charge in [0, 0.05) is 55.8 Å². The van der Waals surface area contributed by atoms with Gasteiger partial charge in [-0.2, -0.15) is 0 Å². The molecule has 0 spiro atoms. The summed E-state index contributed by atoms with van der Waals surface area (Å²) in [5, 5.41) is 6.29. The van der Waals surface area contributed by atoms with Crippen LogP contribution < -0.4 is 15.5 Å². The molecule has 3 rings (SSSR count). The van der Waals surface area contributed by atoms with E-state index in [0.29, 0.717) is 24.7 Å². The first-order chi connectivity index (χ1) is 13.5. The molecule has 28 heavy (non-hydrogen) atoms. The number of rotatable bonds is 5. The Kier molecular flexibility index (Phi) is 6.71. The molecule has 1 aliphatic heterocycles. The van der Waals surface area contributed by atoms with Crippen LogP contribution in [0.4, 0.5) is 10.5 Å². The smallest absolute Gasteiger partial charge is 0.318 e. The molecule has 1 aliphatic rings. The molecule has 148 valence electrons. The van der Waals surface area contributed by atoms with Crippen LogP contribution in [-0.4, -0.2) is 54.0 Å². The van der Waals surface area contributed by atoms with Gasteiger partial charge >= 0.3 is 6.03 Å². The molecule has 0 radical (unpaired) electrons. The number of benzene rings is 1. The maximum atomic E-state index is 12.5. The Morgan fingerprint density at radius 1 is 1.14 bits per heavy atom. The van der Waals surface area contributed by atoms with E-state index in [-0.39, 0.29) is 11.9 Å². The Bertz CT molecular complexity index is 809. The van der Waals surface area contributed by atoms with E-state index in [9.17, 15) is 9.59 Å². The lowest BCUT2D eigenvalue weighted by atomic mass is 10.2. The number of carbonyl (C=O) groups excluding carboxylic acids is 2. The molecule has 3 amide bonds. The molecule has 1 aromatic heterocycles. The van der Waals surface area contributed by atoms with Crippen LogP contribution >= 0.6 is 11.6 Å².